The minimum atomic E-state index is -0.574. The Morgan fingerprint density at radius 1 is 1.65 bits per heavy atom. The molecular weight excluding hydrogens is 308 g/mol. The first kappa shape index (κ1) is 12.7. The van der Waals surface area contributed by atoms with Gasteiger partial charge >= 0.3 is 0 Å². The predicted molar refractivity (Wildman–Crippen MR) is 68.1 cm³/mol. The molecule has 1 fully saturated rings. The number of nitrogens with zero attached hydrogens (tertiary/aromatic N) is 3. The van der Waals surface area contributed by atoms with Gasteiger partial charge in [0.15, 0.2) is 3.92 Å². The normalized spacial score (nSPS) is 24.8. The van der Waals surface area contributed by atoms with E-state index < -0.39 is 6.10 Å². The van der Waals surface area contributed by atoms with Gasteiger partial charge in [-0.1, -0.05) is 11.3 Å². The molecule has 1 aliphatic rings. The molecule has 0 unspecified atom stereocenters. The van der Waals surface area contributed by atoms with Crippen molar-refractivity contribution in [3.63, 3.8) is 0 Å². The summed E-state index contributed by atoms with van der Waals surface area (Å²) in [6.45, 7) is 2.68. The Labute approximate surface area is 111 Å². The molecule has 0 radical (unpaired) electrons. The van der Waals surface area contributed by atoms with Crippen molar-refractivity contribution >= 4 is 38.3 Å². The third kappa shape index (κ3) is 3.14. The molecule has 6 nitrogen and oxygen atoms in total. The van der Waals surface area contributed by atoms with Gasteiger partial charge in [-0.2, -0.15) is 0 Å². The Morgan fingerprint density at radius 2 is 2.41 bits per heavy atom. The number of amides is 1. The summed E-state index contributed by atoms with van der Waals surface area (Å²) in [6, 6.07) is -0.167. The lowest BCUT2D eigenvalue weighted by Gasteiger charge is -2.35. The van der Waals surface area contributed by atoms with Crippen molar-refractivity contribution in [2.45, 2.75) is 25.5 Å². The lowest BCUT2D eigenvalue weighted by Crippen LogP contribution is -2.53. The molecule has 2 atom stereocenters. The maximum atomic E-state index is 11.0. The molecule has 0 bridgehead atoms. The van der Waals surface area contributed by atoms with E-state index in [0.29, 0.717) is 13.0 Å². The number of carbonyl (C=O) groups excluding carboxylic acids is 1. The second-order valence-corrected chi connectivity index (χ2v) is 6.18. The molecule has 17 heavy (non-hydrogen) atoms. The molecule has 1 saturated heterocycles. The van der Waals surface area contributed by atoms with Crippen molar-refractivity contribution in [2.75, 3.05) is 18.0 Å². The summed E-state index contributed by atoms with van der Waals surface area (Å²) >= 11 is 4.69. The zero-order chi connectivity index (χ0) is 12.4. The van der Waals surface area contributed by atoms with Crippen LogP contribution in [-0.2, 0) is 4.79 Å². The number of halogens is 1. The number of aromatic nitrogens is 2. The minimum Gasteiger partial charge on any atom is -0.389 e. The zero-order valence-electron chi connectivity index (χ0n) is 9.26. The van der Waals surface area contributed by atoms with E-state index in [-0.39, 0.29) is 11.9 Å². The highest BCUT2D eigenvalue weighted by Crippen LogP contribution is 2.26. The van der Waals surface area contributed by atoms with Crippen molar-refractivity contribution in [1.82, 2.24) is 15.5 Å². The molecule has 2 rings (SSSR count). The van der Waals surface area contributed by atoms with Crippen LogP contribution in [0.2, 0.25) is 0 Å². The minimum absolute atomic E-state index is 0.110. The first-order chi connectivity index (χ1) is 8.06. The average Bonchev–Trinajstić information content (AvgIpc) is 2.67. The molecule has 8 heteroatoms. The average molecular weight is 321 g/mol. The summed E-state index contributed by atoms with van der Waals surface area (Å²) in [7, 11) is 0. The highest BCUT2D eigenvalue weighted by molar-refractivity contribution is 9.11. The van der Waals surface area contributed by atoms with Gasteiger partial charge in [-0.3, -0.25) is 4.79 Å². The van der Waals surface area contributed by atoms with Crippen molar-refractivity contribution in [3.8, 4) is 0 Å². The molecule has 0 aliphatic carbocycles. The molecule has 2 heterocycles. The number of aliphatic hydroxyl groups excluding tert-OH is 1. The van der Waals surface area contributed by atoms with E-state index in [9.17, 15) is 9.90 Å². The van der Waals surface area contributed by atoms with E-state index >= 15 is 0 Å². The van der Waals surface area contributed by atoms with Gasteiger partial charge in [0.05, 0.1) is 12.1 Å². The number of hydrogen-bond acceptors (Lipinski definition) is 6. The summed E-state index contributed by atoms with van der Waals surface area (Å²) in [5.74, 6) is -0.110. The van der Waals surface area contributed by atoms with E-state index in [1.54, 1.807) is 0 Å². The molecule has 0 spiro atoms. The predicted octanol–water partition coefficient (Wildman–Crippen LogP) is 0.376. The Morgan fingerprint density at radius 3 is 2.94 bits per heavy atom. The molecule has 1 aliphatic heterocycles. The van der Waals surface area contributed by atoms with Crippen molar-refractivity contribution in [2.24, 2.45) is 0 Å². The molecule has 1 amide bonds. The summed E-state index contributed by atoms with van der Waals surface area (Å²) in [5.41, 5.74) is 0. The third-order valence-corrected chi connectivity index (χ3v) is 4.05. The van der Waals surface area contributed by atoms with Gasteiger partial charge in [0.25, 0.3) is 0 Å². The van der Waals surface area contributed by atoms with E-state index in [1.807, 2.05) is 4.90 Å². The van der Waals surface area contributed by atoms with Crippen LogP contribution >= 0.6 is 27.3 Å². The van der Waals surface area contributed by atoms with Gasteiger partial charge in [0.2, 0.25) is 11.0 Å². The van der Waals surface area contributed by atoms with Crippen LogP contribution in [0.5, 0.6) is 0 Å². The second-order valence-electron chi connectivity index (χ2n) is 3.95. The van der Waals surface area contributed by atoms with Gasteiger partial charge in [-0.25, -0.2) is 0 Å². The van der Waals surface area contributed by atoms with Crippen LogP contribution in [0.1, 0.15) is 13.3 Å². The number of hydrogen-bond donors (Lipinski definition) is 2. The van der Waals surface area contributed by atoms with Crippen LogP contribution in [0, 0.1) is 0 Å². The van der Waals surface area contributed by atoms with E-state index in [1.165, 1.54) is 18.3 Å². The topological polar surface area (TPSA) is 78.4 Å². The fraction of sp³-hybridized carbons (Fsp3) is 0.667. The molecule has 1 aromatic heterocycles. The van der Waals surface area contributed by atoms with Crippen LogP contribution in [0.3, 0.4) is 0 Å². The van der Waals surface area contributed by atoms with Crippen LogP contribution in [-0.4, -0.2) is 46.4 Å². The number of aliphatic hydroxyl groups is 1. The SMILES string of the molecule is CC(=O)N[C@@H]1CCN(c2nnc(Br)s2)C[C@@H]1O. The summed E-state index contributed by atoms with van der Waals surface area (Å²) < 4.78 is 0.728. The largest absolute Gasteiger partial charge is 0.389 e. The fourth-order valence-corrected chi connectivity index (χ4v) is 2.98. The van der Waals surface area contributed by atoms with Gasteiger partial charge in [0.1, 0.15) is 0 Å². The Balaban J connectivity index is 1.97. The van der Waals surface area contributed by atoms with Gasteiger partial charge < -0.3 is 15.3 Å². The van der Waals surface area contributed by atoms with E-state index in [2.05, 4.69) is 31.4 Å². The summed E-state index contributed by atoms with van der Waals surface area (Å²) in [4.78, 5) is 12.9. The van der Waals surface area contributed by atoms with Crippen molar-refractivity contribution in [1.29, 1.82) is 0 Å². The molecule has 0 aromatic carbocycles. The second kappa shape index (κ2) is 5.28. The highest BCUT2D eigenvalue weighted by atomic mass is 79.9. The smallest absolute Gasteiger partial charge is 0.217 e. The van der Waals surface area contributed by atoms with Crippen LogP contribution in [0.4, 0.5) is 5.13 Å². The van der Waals surface area contributed by atoms with Crippen LogP contribution in [0.25, 0.3) is 0 Å². The number of anilines is 1. The third-order valence-electron chi connectivity index (χ3n) is 2.63. The standard InChI is InChI=1S/C9H13BrN4O2S/c1-5(15)11-6-2-3-14(4-7(6)16)9-13-12-8(10)17-9/h6-7,16H,2-4H2,1H3,(H,11,15)/t6-,7+/m1/s1. The maximum absolute atomic E-state index is 11.0. The zero-order valence-corrected chi connectivity index (χ0v) is 11.7. The highest BCUT2D eigenvalue weighted by Gasteiger charge is 2.29. The number of carbonyl (C=O) groups is 1. The monoisotopic (exact) mass is 320 g/mol. The molecule has 0 saturated carbocycles. The molecule has 94 valence electrons. The van der Waals surface area contributed by atoms with Crippen LogP contribution < -0.4 is 10.2 Å². The summed E-state index contributed by atoms with van der Waals surface area (Å²) in [6.07, 6.45) is 0.133. The molecular formula is C9H13BrN4O2S. The molecule has 2 N–H and O–H groups in total. The van der Waals surface area contributed by atoms with Gasteiger partial charge in [0, 0.05) is 20.0 Å². The van der Waals surface area contributed by atoms with Crippen LogP contribution in [0.15, 0.2) is 3.92 Å². The van der Waals surface area contributed by atoms with E-state index in [0.717, 1.165) is 15.6 Å². The quantitative estimate of drug-likeness (QED) is 0.823. The maximum Gasteiger partial charge on any atom is 0.217 e. The Kier molecular flexibility index (Phi) is 3.95. The fourth-order valence-electron chi connectivity index (χ4n) is 1.86. The lowest BCUT2D eigenvalue weighted by molar-refractivity contribution is -0.120. The lowest BCUT2D eigenvalue weighted by atomic mass is 10.0. The summed E-state index contributed by atoms with van der Waals surface area (Å²) in [5, 5.41) is 21.4. The first-order valence-corrected chi connectivity index (χ1v) is 6.86. The van der Waals surface area contributed by atoms with Crippen molar-refractivity contribution < 1.29 is 9.90 Å². The number of β-amino-alcohol motifs (C(OH)–C–C–N with tert-alkyl or cyclic N) is 1. The van der Waals surface area contributed by atoms with E-state index in [4.69, 9.17) is 0 Å². The Hall–Kier alpha value is -0.730. The van der Waals surface area contributed by atoms with Gasteiger partial charge in [-0.05, 0) is 22.4 Å². The number of nitrogens with one attached hydrogen (secondary N) is 1. The van der Waals surface area contributed by atoms with Crippen molar-refractivity contribution in [3.05, 3.63) is 3.92 Å². The number of piperidine rings is 1. The first-order valence-electron chi connectivity index (χ1n) is 5.25. The van der Waals surface area contributed by atoms with Gasteiger partial charge in [-0.15, -0.1) is 10.2 Å². The molecule has 1 aromatic rings. The Bertz CT molecular complexity index is 413. The number of rotatable bonds is 2.